The minimum absolute atomic E-state index is 0.684. The molecule has 0 unspecified atom stereocenters. The molecule has 1 aliphatic carbocycles. The molecule has 102 valence electrons. The summed E-state index contributed by atoms with van der Waals surface area (Å²) in [5.74, 6) is 2.00. The highest BCUT2D eigenvalue weighted by Crippen LogP contribution is 2.35. The Labute approximate surface area is 110 Å². The van der Waals surface area contributed by atoms with Crippen LogP contribution in [0.5, 0.6) is 0 Å². The molecule has 1 aromatic heterocycles. The van der Waals surface area contributed by atoms with Gasteiger partial charge in [0.25, 0.3) is 0 Å². The number of hydrogen-bond acceptors (Lipinski definition) is 3. The van der Waals surface area contributed by atoms with Crippen LogP contribution in [-0.4, -0.2) is 29.4 Å². The van der Waals surface area contributed by atoms with Crippen molar-refractivity contribution in [2.24, 2.45) is 13.0 Å². The molecular weight excluding hydrogens is 224 g/mol. The zero-order valence-corrected chi connectivity index (χ0v) is 12.3. The molecule has 0 atom stereocenters. The second kappa shape index (κ2) is 5.31. The van der Waals surface area contributed by atoms with Crippen molar-refractivity contribution < 1.29 is 0 Å². The van der Waals surface area contributed by atoms with Crippen LogP contribution in [0.2, 0.25) is 0 Å². The lowest BCUT2D eigenvalue weighted by Gasteiger charge is -2.27. The van der Waals surface area contributed by atoms with E-state index in [4.69, 9.17) is 0 Å². The lowest BCUT2D eigenvalue weighted by Crippen LogP contribution is -2.32. The van der Waals surface area contributed by atoms with Gasteiger partial charge in [0.15, 0.2) is 0 Å². The summed E-state index contributed by atoms with van der Waals surface area (Å²) in [6.07, 6.45) is 2.66. The third-order valence-electron chi connectivity index (χ3n) is 3.49. The summed E-state index contributed by atoms with van der Waals surface area (Å²) < 4.78 is 2.06. The van der Waals surface area contributed by atoms with Gasteiger partial charge in [0.1, 0.15) is 5.82 Å². The van der Waals surface area contributed by atoms with Crippen LogP contribution in [0.3, 0.4) is 0 Å². The molecule has 2 rings (SSSR count). The van der Waals surface area contributed by atoms with Gasteiger partial charge in [0.05, 0.1) is 5.69 Å². The van der Waals surface area contributed by atoms with Crippen LogP contribution in [0.1, 0.15) is 37.9 Å². The average Bonchev–Trinajstić information content (AvgIpc) is 3.06. The minimum atomic E-state index is 0.684. The lowest BCUT2D eigenvalue weighted by molar-refractivity contribution is 0.585. The molecule has 0 aromatic carbocycles. The lowest BCUT2D eigenvalue weighted by atomic mass is 10.1. The highest BCUT2D eigenvalue weighted by molar-refractivity contribution is 5.52. The topological polar surface area (TPSA) is 33.1 Å². The Morgan fingerprint density at radius 2 is 2.11 bits per heavy atom. The average molecular weight is 250 g/mol. The Morgan fingerprint density at radius 3 is 2.61 bits per heavy atom. The second-order valence-corrected chi connectivity index (χ2v) is 5.82. The van der Waals surface area contributed by atoms with Gasteiger partial charge in [-0.1, -0.05) is 13.8 Å². The SMILES string of the molecule is CNCc1c(C)nn(C)c1N(CC(C)C)C1CC1. The van der Waals surface area contributed by atoms with Crippen molar-refractivity contribution >= 4 is 5.82 Å². The van der Waals surface area contributed by atoms with Crippen LogP contribution in [0.15, 0.2) is 0 Å². The van der Waals surface area contributed by atoms with Crippen molar-refractivity contribution in [1.82, 2.24) is 15.1 Å². The molecule has 0 amide bonds. The van der Waals surface area contributed by atoms with Crippen LogP contribution in [0.4, 0.5) is 5.82 Å². The van der Waals surface area contributed by atoms with Gasteiger partial charge >= 0.3 is 0 Å². The summed E-state index contributed by atoms with van der Waals surface area (Å²) in [5, 5.41) is 7.87. The van der Waals surface area contributed by atoms with Crippen molar-refractivity contribution in [2.45, 2.75) is 46.2 Å². The molecule has 0 aliphatic heterocycles. The van der Waals surface area contributed by atoms with Crippen LogP contribution >= 0.6 is 0 Å². The monoisotopic (exact) mass is 250 g/mol. The van der Waals surface area contributed by atoms with Crippen molar-refractivity contribution in [2.75, 3.05) is 18.5 Å². The molecule has 0 spiro atoms. The minimum Gasteiger partial charge on any atom is -0.353 e. The van der Waals surface area contributed by atoms with E-state index >= 15 is 0 Å². The third-order valence-corrected chi connectivity index (χ3v) is 3.49. The number of rotatable bonds is 6. The van der Waals surface area contributed by atoms with E-state index in [2.05, 4.69) is 47.8 Å². The maximum Gasteiger partial charge on any atom is 0.131 e. The summed E-state index contributed by atoms with van der Waals surface area (Å²) in [6, 6.07) is 0.734. The van der Waals surface area contributed by atoms with Crippen LogP contribution < -0.4 is 10.2 Å². The molecule has 1 N–H and O–H groups in total. The highest BCUT2D eigenvalue weighted by atomic mass is 15.4. The molecular formula is C14H26N4. The molecule has 0 bridgehead atoms. The van der Waals surface area contributed by atoms with Gasteiger partial charge in [-0.2, -0.15) is 5.10 Å². The molecule has 0 radical (unpaired) electrons. The predicted octanol–water partition coefficient (Wildman–Crippen LogP) is 2.07. The zero-order chi connectivity index (χ0) is 13.3. The molecule has 1 heterocycles. The van der Waals surface area contributed by atoms with Crippen molar-refractivity contribution in [1.29, 1.82) is 0 Å². The Kier molecular flexibility index (Phi) is 3.95. The quantitative estimate of drug-likeness (QED) is 0.839. The fourth-order valence-electron chi connectivity index (χ4n) is 2.62. The number of hydrogen-bond donors (Lipinski definition) is 1. The largest absolute Gasteiger partial charge is 0.353 e. The van der Waals surface area contributed by atoms with Crippen LogP contribution in [0, 0.1) is 12.8 Å². The maximum absolute atomic E-state index is 4.60. The van der Waals surface area contributed by atoms with E-state index < -0.39 is 0 Å². The van der Waals surface area contributed by atoms with Gasteiger partial charge in [-0.05, 0) is 32.7 Å². The van der Waals surface area contributed by atoms with Crippen LogP contribution in [0.25, 0.3) is 0 Å². The highest BCUT2D eigenvalue weighted by Gasteiger charge is 2.33. The molecule has 1 aromatic rings. The first-order valence-corrected chi connectivity index (χ1v) is 6.98. The van der Waals surface area contributed by atoms with E-state index in [-0.39, 0.29) is 0 Å². The van der Waals surface area contributed by atoms with Gasteiger partial charge in [0.2, 0.25) is 0 Å². The number of nitrogens with one attached hydrogen (secondary N) is 1. The molecule has 18 heavy (non-hydrogen) atoms. The number of nitrogens with zero attached hydrogens (tertiary/aromatic N) is 3. The number of aryl methyl sites for hydroxylation is 2. The normalized spacial score (nSPS) is 15.4. The Bertz CT molecular complexity index is 404. The van der Waals surface area contributed by atoms with Gasteiger partial charge in [-0.25, -0.2) is 0 Å². The fraction of sp³-hybridized carbons (Fsp3) is 0.786. The van der Waals surface area contributed by atoms with E-state index in [1.165, 1.54) is 24.2 Å². The summed E-state index contributed by atoms with van der Waals surface area (Å²) in [6.45, 7) is 8.71. The summed E-state index contributed by atoms with van der Waals surface area (Å²) in [5.41, 5.74) is 2.50. The van der Waals surface area contributed by atoms with Crippen molar-refractivity contribution in [3.05, 3.63) is 11.3 Å². The van der Waals surface area contributed by atoms with Crippen molar-refractivity contribution in [3.63, 3.8) is 0 Å². The Morgan fingerprint density at radius 1 is 1.44 bits per heavy atom. The number of aromatic nitrogens is 2. The van der Waals surface area contributed by atoms with E-state index in [1.54, 1.807) is 0 Å². The van der Waals surface area contributed by atoms with Gasteiger partial charge in [-0.15, -0.1) is 0 Å². The zero-order valence-electron chi connectivity index (χ0n) is 12.3. The molecule has 1 saturated carbocycles. The maximum atomic E-state index is 4.60. The number of anilines is 1. The summed E-state index contributed by atoms with van der Waals surface area (Å²) in [4.78, 5) is 2.57. The standard InChI is InChI=1S/C14H26N4/c1-10(2)9-18(12-6-7-12)14-13(8-15-4)11(3)16-17(14)5/h10,12,15H,6-9H2,1-5H3. The predicted molar refractivity (Wildman–Crippen MR) is 75.9 cm³/mol. The van der Waals surface area contributed by atoms with Crippen LogP contribution in [-0.2, 0) is 13.6 Å². The van der Waals surface area contributed by atoms with E-state index in [9.17, 15) is 0 Å². The molecule has 1 fully saturated rings. The van der Waals surface area contributed by atoms with Crippen molar-refractivity contribution in [3.8, 4) is 0 Å². The Balaban J connectivity index is 2.33. The summed E-state index contributed by atoms with van der Waals surface area (Å²) in [7, 11) is 4.07. The van der Waals surface area contributed by atoms with E-state index in [0.717, 1.165) is 24.8 Å². The van der Waals surface area contributed by atoms with Gasteiger partial charge < -0.3 is 10.2 Å². The molecule has 0 saturated heterocycles. The van der Waals surface area contributed by atoms with E-state index in [1.807, 2.05) is 7.05 Å². The van der Waals surface area contributed by atoms with Gasteiger partial charge in [0, 0.05) is 31.7 Å². The smallest absolute Gasteiger partial charge is 0.131 e. The first-order chi connectivity index (χ1) is 8.54. The first-order valence-electron chi connectivity index (χ1n) is 6.98. The molecule has 1 aliphatic rings. The van der Waals surface area contributed by atoms with E-state index in [0.29, 0.717) is 5.92 Å². The first kappa shape index (κ1) is 13.4. The third kappa shape index (κ3) is 2.69. The summed E-state index contributed by atoms with van der Waals surface area (Å²) >= 11 is 0. The Hall–Kier alpha value is -1.03. The molecule has 4 nitrogen and oxygen atoms in total. The molecule has 4 heteroatoms. The second-order valence-electron chi connectivity index (χ2n) is 5.82. The van der Waals surface area contributed by atoms with Gasteiger partial charge in [-0.3, -0.25) is 4.68 Å². The fourth-order valence-corrected chi connectivity index (χ4v) is 2.62.